The van der Waals surface area contributed by atoms with Gasteiger partial charge in [0, 0.05) is 18.0 Å². The van der Waals surface area contributed by atoms with Gasteiger partial charge in [-0.15, -0.1) is 21.5 Å². The molecule has 1 aromatic carbocycles. The Bertz CT molecular complexity index is 1060. The number of nitrogens with zero attached hydrogens (tertiary/aromatic N) is 3. The predicted octanol–water partition coefficient (Wildman–Crippen LogP) is 3.81. The highest BCUT2D eigenvalue weighted by atomic mass is 32.2. The number of rotatable bonds is 4. The lowest BCUT2D eigenvalue weighted by molar-refractivity contribution is 0.286. The van der Waals surface area contributed by atoms with Crippen molar-refractivity contribution >= 4 is 21.4 Å². The summed E-state index contributed by atoms with van der Waals surface area (Å²) in [5.41, 5.74) is 0. The van der Waals surface area contributed by atoms with Crippen LogP contribution in [0.4, 0.5) is 4.39 Å². The maximum atomic E-state index is 13.5. The predicted molar refractivity (Wildman–Crippen MR) is 99.5 cm³/mol. The number of hydrogen-bond acceptors (Lipinski definition) is 6. The highest BCUT2D eigenvalue weighted by Gasteiger charge is 2.33. The Labute approximate surface area is 160 Å². The van der Waals surface area contributed by atoms with Crippen molar-refractivity contribution in [3.63, 3.8) is 0 Å². The molecule has 0 amide bonds. The quantitative estimate of drug-likeness (QED) is 0.657. The zero-order valence-corrected chi connectivity index (χ0v) is 16.3. The number of thiophene rings is 1. The molecule has 2 aromatic heterocycles. The van der Waals surface area contributed by atoms with E-state index < -0.39 is 15.8 Å². The van der Waals surface area contributed by atoms with Gasteiger partial charge in [0.1, 0.15) is 5.82 Å². The zero-order chi connectivity index (χ0) is 19.0. The topological polar surface area (TPSA) is 76.3 Å². The number of halogens is 1. The molecule has 1 saturated heterocycles. The third-order valence-electron chi connectivity index (χ3n) is 4.56. The van der Waals surface area contributed by atoms with Crippen LogP contribution >= 0.6 is 11.3 Å². The molecule has 3 heterocycles. The van der Waals surface area contributed by atoms with Gasteiger partial charge in [-0.1, -0.05) is 6.07 Å². The van der Waals surface area contributed by atoms with Crippen LogP contribution in [0, 0.1) is 12.7 Å². The van der Waals surface area contributed by atoms with Crippen LogP contribution in [0.15, 0.2) is 45.7 Å². The normalized spacial score (nSPS) is 18.7. The molecule has 0 radical (unpaired) electrons. The molecule has 0 N–H and O–H groups in total. The van der Waals surface area contributed by atoms with Crippen molar-refractivity contribution in [3.8, 4) is 10.8 Å². The summed E-state index contributed by atoms with van der Waals surface area (Å²) < 4.78 is 46.3. The number of aromatic nitrogens is 2. The van der Waals surface area contributed by atoms with E-state index in [-0.39, 0.29) is 17.4 Å². The molecule has 0 saturated carbocycles. The average molecular weight is 407 g/mol. The Morgan fingerprint density at radius 1 is 1.26 bits per heavy atom. The molecule has 1 atom stereocenters. The second-order valence-electron chi connectivity index (χ2n) is 6.52. The molecular weight excluding hydrogens is 389 g/mol. The number of hydrogen-bond donors (Lipinski definition) is 0. The molecule has 1 aliphatic heterocycles. The lowest BCUT2D eigenvalue weighted by Crippen LogP contribution is -2.39. The third-order valence-corrected chi connectivity index (χ3v) is 7.41. The Kier molecular flexibility index (Phi) is 4.83. The number of sulfonamides is 1. The summed E-state index contributed by atoms with van der Waals surface area (Å²) in [4.78, 5) is 2.00. The first-order chi connectivity index (χ1) is 12.9. The maximum Gasteiger partial charge on any atom is 0.257 e. The molecular formula is C18H18FN3O3S2. The summed E-state index contributed by atoms with van der Waals surface area (Å²) in [7, 11) is -3.76. The largest absolute Gasteiger partial charge is 0.420 e. The van der Waals surface area contributed by atoms with Gasteiger partial charge in [-0.2, -0.15) is 4.31 Å². The second kappa shape index (κ2) is 7.14. The maximum absolute atomic E-state index is 13.5. The van der Waals surface area contributed by atoms with Gasteiger partial charge in [-0.3, -0.25) is 0 Å². The Balaban J connectivity index is 1.56. The van der Waals surface area contributed by atoms with Gasteiger partial charge >= 0.3 is 0 Å². The fraction of sp³-hybridized carbons (Fsp3) is 0.333. The van der Waals surface area contributed by atoms with E-state index in [4.69, 9.17) is 4.42 Å². The van der Waals surface area contributed by atoms with Gasteiger partial charge in [-0.25, -0.2) is 12.8 Å². The molecule has 0 aliphatic carbocycles. The van der Waals surface area contributed by atoms with E-state index in [2.05, 4.69) is 10.2 Å². The molecule has 9 heteroatoms. The van der Waals surface area contributed by atoms with Crippen LogP contribution in [-0.2, 0) is 10.0 Å². The monoisotopic (exact) mass is 407 g/mol. The van der Waals surface area contributed by atoms with Crippen molar-refractivity contribution in [2.45, 2.75) is 30.6 Å². The molecule has 27 heavy (non-hydrogen) atoms. The van der Waals surface area contributed by atoms with Crippen molar-refractivity contribution in [1.29, 1.82) is 0 Å². The van der Waals surface area contributed by atoms with Gasteiger partial charge < -0.3 is 4.42 Å². The minimum absolute atomic E-state index is 0.0385. The van der Waals surface area contributed by atoms with Gasteiger partial charge in [0.15, 0.2) is 0 Å². The number of benzene rings is 1. The smallest absolute Gasteiger partial charge is 0.257 e. The molecule has 3 aromatic rings. The van der Waals surface area contributed by atoms with Crippen molar-refractivity contribution in [3.05, 3.63) is 53.0 Å². The lowest BCUT2D eigenvalue weighted by Gasteiger charge is -2.30. The van der Waals surface area contributed by atoms with E-state index in [9.17, 15) is 12.8 Å². The first kappa shape index (κ1) is 18.3. The SMILES string of the molecule is Cc1ccc(-c2nnc(C3CCCN(S(=O)(=O)c4cccc(F)c4)C3)o2)s1. The van der Waals surface area contributed by atoms with Crippen LogP contribution < -0.4 is 0 Å². The molecule has 0 spiro atoms. The van der Waals surface area contributed by atoms with Gasteiger partial charge in [0.05, 0.1) is 15.7 Å². The van der Waals surface area contributed by atoms with Gasteiger partial charge in [0.2, 0.25) is 15.9 Å². The van der Waals surface area contributed by atoms with Crippen molar-refractivity contribution in [2.75, 3.05) is 13.1 Å². The van der Waals surface area contributed by atoms with E-state index in [1.165, 1.54) is 22.5 Å². The summed E-state index contributed by atoms with van der Waals surface area (Å²) in [6.07, 6.45) is 1.44. The third kappa shape index (κ3) is 3.67. The molecule has 1 unspecified atom stereocenters. The highest BCUT2D eigenvalue weighted by Crippen LogP contribution is 2.32. The first-order valence-electron chi connectivity index (χ1n) is 8.59. The van der Waals surface area contributed by atoms with Gasteiger partial charge in [0.25, 0.3) is 5.89 Å². The summed E-state index contributed by atoms with van der Waals surface area (Å²) in [5, 5.41) is 8.25. The minimum Gasteiger partial charge on any atom is -0.420 e. The van der Waals surface area contributed by atoms with E-state index in [1.807, 2.05) is 19.1 Å². The van der Waals surface area contributed by atoms with Crippen molar-refractivity contribution < 1.29 is 17.2 Å². The molecule has 1 aliphatic rings. The van der Waals surface area contributed by atoms with Crippen LogP contribution in [0.2, 0.25) is 0 Å². The van der Waals surface area contributed by atoms with E-state index in [1.54, 1.807) is 11.3 Å². The zero-order valence-electron chi connectivity index (χ0n) is 14.6. The van der Waals surface area contributed by atoms with Crippen LogP contribution in [-0.4, -0.2) is 36.0 Å². The van der Waals surface area contributed by atoms with Crippen LogP contribution in [0.3, 0.4) is 0 Å². The van der Waals surface area contributed by atoms with Crippen LogP contribution in [0.1, 0.15) is 29.5 Å². The fourth-order valence-corrected chi connectivity index (χ4v) is 5.53. The van der Waals surface area contributed by atoms with Crippen molar-refractivity contribution in [1.82, 2.24) is 14.5 Å². The lowest BCUT2D eigenvalue weighted by atomic mass is 10.00. The molecule has 142 valence electrons. The van der Waals surface area contributed by atoms with Gasteiger partial charge in [-0.05, 0) is 50.1 Å². The Morgan fingerprint density at radius 3 is 2.85 bits per heavy atom. The molecule has 6 nitrogen and oxygen atoms in total. The summed E-state index contributed by atoms with van der Waals surface area (Å²) in [5.74, 6) is 0.144. The van der Waals surface area contributed by atoms with Crippen molar-refractivity contribution in [2.24, 2.45) is 0 Å². The summed E-state index contributed by atoms with van der Waals surface area (Å²) in [6, 6.07) is 8.99. The number of aryl methyl sites for hydroxylation is 1. The summed E-state index contributed by atoms with van der Waals surface area (Å²) >= 11 is 1.57. The fourth-order valence-electron chi connectivity index (χ4n) is 3.19. The molecule has 0 bridgehead atoms. The first-order valence-corrected chi connectivity index (χ1v) is 10.8. The Hall–Kier alpha value is -2.10. The average Bonchev–Trinajstić information content (AvgIpc) is 3.31. The molecule has 1 fully saturated rings. The van der Waals surface area contributed by atoms with E-state index in [0.717, 1.165) is 22.2 Å². The van der Waals surface area contributed by atoms with Crippen LogP contribution in [0.25, 0.3) is 10.8 Å². The standard InChI is InChI=1S/C18H18FN3O3S2/c1-12-7-8-16(26-12)18-21-20-17(25-18)13-4-3-9-22(11-13)27(23,24)15-6-2-5-14(19)10-15/h2,5-8,10,13H,3-4,9,11H2,1H3. The second-order valence-corrected chi connectivity index (χ2v) is 9.74. The minimum atomic E-state index is -3.76. The molecule has 4 rings (SSSR count). The Morgan fingerprint density at radius 2 is 2.11 bits per heavy atom. The van der Waals surface area contributed by atoms with Crippen LogP contribution in [0.5, 0.6) is 0 Å². The van der Waals surface area contributed by atoms with E-state index >= 15 is 0 Å². The van der Waals surface area contributed by atoms with E-state index in [0.29, 0.717) is 24.7 Å². The number of piperidine rings is 1. The summed E-state index contributed by atoms with van der Waals surface area (Å²) in [6.45, 7) is 2.63. The highest BCUT2D eigenvalue weighted by molar-refractivity contribution is 7.89.